The molecular weight excluding hydrogens is 320 g/mol. The van der Waals surface area contributed by atoms with E-state index in [0.717, 1.165) is 47.3 Å². The lowest BCUT2D eigenvalue weighted by atomic mass is 9.85. The van der Waals surface area contributed by atoms with E-state index < -0.39 is 0 Å². The molecule has 4 nitrogen and oxygen atoms in total. The van der Waals surface area contributed by atoms with E-state index in [-0.39, 0.29) is 11.8 Å². The number of fused-ring (bicyclic) bond motifs is 1. The summed E-state index contributed by atoms with van der Waals surface area (Å²) in [5, 5.41) is 6.36. The first-order valence-corrected chi connectivity index (χ1v) is 7.96. The van der Waals surface area contributed by atoms with E-state index in [9.17, 15) is 4.79 Å². The molecule has 2 N–H and O–H groups in total. The summed E-state index contributed by atoms with van der Waals surface area (Å²) >= 11 is 3.53. The fourth-order valence-corrected chi connectivity index (χ4v) is 3.16. The third-order valence-corrected chi connectivity index (χ3v) is 4.44. The van der Waals surface area contributed by atoms with E-state index in [1.807, 2.05) is 6.07 Å². The minimum absolute atomic E-state index is 0.178. The Morgan fingerprint density at radius 3 is 3.05 bits per heavy atom. The van der Waals surface area contributed by atoms with Crippen LogP contribution in [0.4, 0.5) is 0 Å². The van der Waals surface area contributed by atoms with Crippen molar-refractivity contribution in [3.05, 3.63) is 27.7 Å². The molecule has 0 unspecified atom stereocenters. The number of carbonyl (C=O) groups excluding carboxylic acids is 1. The molecule has 0 radical (unpaired) electrons. The molecule has 1 aromatic rings. The van der Waals surface area contributed by atoms with E-state index in [1.54, 1.807) is 0 Å². The molecule has 1 amide bonds. The summed E-state index contributed by atoms with van der Waals surface area (Å²) in [5.74, 6) is 1.33. The molecule has 108 valence electrons. The number of rotatable bonds is 3. The highest BCUT2D eigenvalue weighted by molar-refractivity contribution is 9.10. The normalized spacial score (nSPS) is 18.4. The lowest BCUT2D eigenvalue weighted by molar-refractivity contribution is -0.127. The first-order valence-electron chi connectivity index (χ1n) is 7.16. The molecule has 0 bridgehead atoms. The predicted octanol–water partition coefficient (Wildman–Crippen LogP) is 2.35. The number of nitrogens with one attached hydrogen (secondary N) is 2. The van der Waals surface area contributed by atoms with Gasteiger partial charge in [0.1, 0.15) is 12.4 Å². The van der Waals surface area contributed by atoms with Crippen molar-refractivity contribution in [2.45, 2.75) is 32.4 Å². The maximum atomic E-state index is 11.9. The molecule has 2 aliphatic rings. The van der Waals surface area contributed by atoms with Crippen molar-refractivity contribution < 1.29 is 9.53 Å². The van der Waals surface area contributed by atoms with E-state index in [0.29, 0.717) is 13.2 Å². The number of amides is 1. The monoisotopic (exact) mass is 338 g/mol. The molecule has 1 aliphatic heterocycles. The van der Waals surface area contributed by atoms with Crippen molar-refractivity contribution >= 4 is 21.8 Å². The van der Waals surface area contributed by atoms with Gasteiger partial charge in [0.05, 0.1) is 0 Å². The van der Waals surface area contributed by atoms with Crippen LogP contribution in [-0.4, -0.2) is 19.1 Å². The average Bonchev–Trinajstić information content (AvgIpc) is 2.58. The van der Waals surface area contributed by atoms with Gasteiger partial charge in [-0.2, -0.15) is 0 Å². The molecule has 0 atom stereocenters. The van der Waals surface area contributed by atoms with Crippen LogP contribution < -0.4 is 15.4 Å². The molecule has 0 aromatic heterocycles. The second-order valence-electron chi connectivity index (χ2n) is 5.42. The molecular formula is C15H19BrN2O2. The second-order valence-corrected chi connectivity index (χ2v) is 6.34. The topological polar surface area (TPSA) is 50.4 Å². The SMILES string of the molecule is O=C(NCc1cc(Br)cc2c1OCCNC2)C1CCC1. The maximum Gasteiger partial charge on any atom is 0.223 e. The van der Waals surface area contributed by atoms with Gasteiger partial charge >= 0.3 is 0 Å². The molecule has 1 fully saturated rings. The Morgan fingerprint density at radius 2 is 2.30 bits per heavy atom. The lowest BCUT2D eigenvalue weighted by Gasteiger charge is -2.24. The van der Waals surface area contributed by atoms with Crippen LogP contribution in [0.1, 0.15) is 30.4 Å². The molecule has 1 aromatic carbocycles. The Balaban J connectivity index is 1.74. The standard InChI is InChI=1S/C15H19BrN2O2/c16-13-6-11-8-17-4-5-20-14(11)12(7-13)9-18-15(19)10-2-1-3-10/h6-7,10,17H,1-5,8-9H2,(H,18,19). The number of hydrogen-bond acceptors (Lipinski definition) is 3. The minimum Gasteiger partial charge on any atom is -0.492 e. The summed E-state index contributed by atoms with van der Waals surface area (Å²) in [6.45, 7) is 2.85. The highest BCUT2D eigenvalue weighted by Gasteiger charge is 2.25. The Labute approximate surface area is 127 Å². The summed E-state index contributed by atoms with van der Waals surface area (Å²) in [6.07, 6.45) is 3.24. The molecule has 0 spiro atoms. The van der Waals surface area contributed by atoms with Gasteiger partial charge in [0.15, 0.2) is 0 Å². The Kier molecular flexibility index (Phi) is 4.27. The number of ether oxygens (including phenoxy) is 1. The summed E-state index contributed by atoms with van der Waals surface area (Å²) in [4.78, 5) is 11.9. The molecule has 3 rings (SSSR count). The molecule has 1 heterocycles. The van der Waals surface area contributed by atoms with E-state index in [1.165, 1.54) is 6.42 Å². The summed E-state index contributed by atoms with van der Waals surface area (Å²) in [5.41, 5.74) is 2.19. The zero-order valence-electron chi connectivity index (χ0n) is 11.4. The Morgan fingerprint density at radius 1 is 1.45 bits per heavy atom. The lowest BCUT2D eigenvalue weighted by Crippen LogP contribution is -2.34. The quantitative estimate of drug-likeness (QED) is 0.889. The van der Waals surface area contributed by atoms with Crippen LogP contribution in [-0.2, 0) is 17.9 Å². The third kappa shape index (κ3) is 2.99. The molecule has 1 aliphatic carbocycles. The van der Waals surface area contributed by atoms with Gasteiger partial charge in [0, 0.05) is 41.2 Å². The van der Waals surface area contributed by atoms with Crippen molar-refractivity contribution in [3.8, 4) is 5.75 Å². The Hall–Kier alpha value is -1.07. The predicted molar refractivity (Wildman–Crippen MR) is 80.5 cm³/mol. The smallest absolute Gasteiger partial charge is 0.223 e. The number of carbonyl (C=O) groups is 1. The third-order valence-electron chi connectivity index (χ3n) is 3.98. The van der Waals surface area contributed by atoms with E-state index in [4.69, 9.17) is 4.74 Å². The van der Waals surface area contributed by atoms with Crippen LogP contribution in [0.15, 0.2) is 16.6 Å². The van der Waals surface area contributed by atoms with Crippen LogP contribution in [0, 0.1) is 5.92 Å². The van der Waals surface area contributed by atoms with E-state index in [2.05, 4.69) is 32.6 Å². The zero-order valence-corrected chi connectivity index (χ0v) is 13.0. The highest BCUT2D eigenvalue weighted by Crippen LogP contribution is 2.30. The number of hydrogen-bond donors (Lipinski definition) is 2. The summed E-state index contributed by atoms with van der Waals surface area (Å²) in [7, 11) is 0. The number of benzene rings is 1. The zero-order chi connectivity index (χ0) is 13.9. The van der Waals surface area contributed by atoms with Gasteiger partial charge in [0.2, 0.25) is 5.91 Å². The number of halogens is 1. The minimum atomic E-state index is 0.178. The van der Waals surface area contributed by atoms with Crippen LogP contribution in [0.3, 0.4) is 0 Å². The second kappa shape index (κ2) is 6.14. The van der Waals surface area contributed by atoms with Crippen molar-refractivity contribution in [2.75, 3.05) is 13.2 Å². The Bertz CT molecular complexity index is 515. The van der Waals surface area contributed by atoms with Crippen LogP contribution in [0.2, 0.25) is 0 Å². The van der Waals surface area contributed by atoms with Gasteiger partial charge in [-0.05, 0) is 25.0 Å². The molecule has 5 heteroatoms. The van der Waals surface area contributed by atoms with Crippen molar-refractivity contribution in [1.82, 2.24) is 10.6 Å². The maximum absolute atomic E-state index is 11.9. The van der Waals surface area contributed by atoms with Crippen molar-refractivity contribution in [2.24, 2.45) is 5.92 Å². The fraction of sp³-hybridized carbons (Fsp3) is 0.533. The first-order chi connectivity index (χ1) is 9.74. The van der Waals surface area contributed by atoms with Gasteiger partial charge in [0.25, 0.3) is 0 Å². The largest absolute Gasteiger partial charge is 0.492 e. The van der Waals surface area contributed by atoms with Gasteiger partial charge in [-0.15, -0.1) is 0 Å². The van der Waals surface area contributed by atoms with Crippen LogP contribution in [0.25, 0.3) is 0 Å². The summed E-state index contributed by atoms with van der Waals surface area (Å²) in [6, 6.07) is 4.11. The van der Waals surface area contributed by atoms with Gasteiger partial charge in [-0.1, -0.05) is 22.4 Å². The van der Waals surface area contributed by atoms with Crippen LogP contribution >= 0.6 is 15.9 Å². The van der Waals surface area contributed by atoms with Crippen molar-refractivity contribution in [3.63, 3.8) is 0 Å². The molecule has 1 saturated carbocycles. The highest BCUT2D eigenvalue weighted by atomic mass is 79.9. The van der Waals surface area contributed by atoms with Crippen LogP contribution in [0.5, 0.6) is 5.75 Å². The van der Waals surface area contributed by atoms with Gasteiger partial charge < -0.3 is 15.4 Å². The average molecular weight is 339 g/mol. The van der Waals surface area contributed by atoms with Gasteiger partial charge in [-0.3, -0.25) is 4.79 Å². The first kappa shape index (κ1) is 13.9. The van der Waals surface area contributed by atoms with E-state index >= 15 is 0 Å². The fourth-order valence-electron chi connectivity index (χ4n) is 2.61. The summed E-state index contributed by atoms with van der Waals surface area (Å²) < 4.78 is 6.86. The van der Waals surface area contributed by atoms with Gasteiger partial charge in [-0.25, -0.2) is 0 Å². The molecule has 20 heavy (non-hydrogen) atoms. The molecule has 0 saturated heterocycles. The van der Waals surface area contributed by atoms with Crippen molar-refractivity contribution in [1.29, 1.82) is 0 Å².